The summed E-state index contributed by atoms with van der Waals surface area (Å²) in [6, 6.07) is 10.1. The number of piperazine rings is 1. The van der Waals surface area contributed by atoms with Crippen LogP contribution in [-0.4, -0.2) is 91.1 Å². The van der Waals surface area contributed by atoms with Crippen LogP contribution in [0.5, 0.6) is 0 Å². The number of sulfonamides is 1. The molecule has 1 amide bonds. The predicted molar refractivity (Wildman–Crippen MR) is 134 cm³/mol. The van der Waals surface area contributed by atoms with Crippen molar-refractivity contribution < 1.29 is 22.5 Å². The Labute approximate surface area is 215 Å². The van der Waals surface area contributed by atoms with E-state index in [-0.39, 0.29) is 10.8 Å². The molecule has 1 aliphatic carbocycles. The number of hydrogen-bond acceptors (Lipinski definition) is 9. The van der Waals surface area contributed by atoms with E-state index in [1.807, 2.05) is 12.1 Å². The van der Waals surface area contributed by atoms with Gasteiger partial charge in [-0.3, -0.25) is 4.79 Å². The number of ether oxygens (including phenoxy) is 1. The molecule has 12 heteroatoms. The molecule has 2 aliphatic heterocycles. The minimum Gasteiger partial charge on any atom is -0.379 e. The fraction of sp³-hybridized carbons (Fsp3) is 0.440. The number of rotatable bonds is 6. The number of pyridine rings is 1. The first-order valence-electron chi connectivity index (χ1n) is 12.5. The highest BCUT2D eigenvalue weighted by atomic mass is 32.2. The molecule has 37 heavy (non-hydrogen) atoms. The van der Waals surface area contributed by atoms with Crippen LogP contribution in [0.4, 0.5) is 5.82 Å². The second kappa shape index (κ2) is 9.84. The lowest BCUT2D eigenvalue weighted by atomic mass is 10.2. The van der Waals surface area contributed by atoms with Crippen LogP contribution >= 0.6 is 0 Å². The first-order chi connectivity index (χ1) is 18.0. The third kappa shape index (κ3) is 4.96. The van der Waals surface area contributed by atoms with E-state index in [0.717, 1.165) is 24.2 Å². The normalized spacial score (nSPS) is 19.2. The largest absolute Gasteiger partial charge is 0.379 e. The zero-order valence-electron chi connectivity index (χ0n) is 20.3. The average molecular weight is 525 g/mol. The van der Waals surface area contributed by atoms with Crippen LogP contribution in [-0.2, 0) is 14.8 Å². The summed E-state index contributed by atoms with van der Waals surface area (Å²) < 4.78 is 37.7. The lowest BCUT2D eigenvalue weighted by molar-refractivity contribution is 0.0730. The van der Waals surface area contributed by atoms with E-state index in [0.29, 0.717) is 75.7 Å². The van der Waals surface area contributed by atoms with Crippen LogP contribution in [0.1, 0.15) is 35.0 Å². The van der Waals surface area contributed by atoms with Gasteiger partial charge in [0.25, 0.3) is 5.91 Å². The highest BCUT2D eigenvalue weighted by Gasteiger charge is 2.30. The van der Waals surface area contributed by atoms with Crippen molar-refractivity contribution in [2.75, 3.05) is 57.4 Å². The number of morpholine rings is 1. The third-order valence-electron chi connectivity index (χ3n) is 6.97. The second-order valence-electron chi connectivity index (χ2n) is 9.46. The summed E-state index contributed by atoms with van der Waals surface area (Å²) >= 11 is 0. The highest BCUT2D eigenvalue weighted by molar-refractivity contribution is 7.89. The summed E-state index contributed by atoms with van der Waals surface area (Å²) in [5, 5.41) is 4.07. The van der Waals surface area contributed by atoms with Crippen molar-refractivity contribution in [2.45, 2.75) is 23.7 Å². The second-order valence-corrected chi connectivity index (χ2v) is 11.4. The van der Waals surface area contributed by atoms with Gasteiger partial charge >= 0.3 is 0 Å². The summed E-state index contributed by atoms with van der Waals surface area (Å²) in [7, 11) is -3.59. The minimum absolute atomic E-state index is 0.109. The number of anilines is 1. The van der Waals surface area contributed by atoms with Crippen molar-refractivity contribution in [1.29, 1.82) is 0 Å². The van der Waals surface area contributed by atoms with Gasteiger partial charge in [-0.1, -0.05) is 5.16 Å². The number of carbonyl (C=O) groups excluding carboxylic acids is 1. The Morgan fingerprint density at radius 3 is 2.30 bits per heavy atom. The molecule has 4 heterocycles. The van der Waals surface area contributed by atoms with Crippen molar-refractivity contribution in [2.24, 2.45) is 0 Å². The zero-order valence-corrected chi connectivity index (χ0v) is 21.1. The van der Waals surface area contributed by atoms with Gasteiger partial charge in [0.2, 0.25) is 21.7 Å². The molecule has 0 atom stereocenters. The van der Waals surface area contributed by atoms with Gasteiger partial charge in [-0.2, -0.15) is 9.29 Å². The van der Waals surface area contributed by atoms with E-state index < -0.39 is 10.0 Å². The fourth-order valence-corrected chi connectivity index (χ4v) is 5.99. The summed E-state index contributed by atoms with van der Waals surface area (Å²) in [5.41, 5.74) is 1.29. The third-order valence-corrected chi connectivity index (χ3v) is 8.89. The maximum absolute atomic E-state index is 13.1. The molecule has 2 aromatic heterocycles. The molecule has 3 fully saturated rings. The van der Waals surface area contributed by atoms with Crippen LogP contribution in [0.15, 0.2) is 52.0 Å². The molecule has 0 spiro atoms. The summed E-state index contributed by atoms with van der Waals surface area (Å²) in [4.78, 5) is 26.2. The Bertz CT molecular complexity index is 1360. The molecule has 194 valence electrons. The molecule has 6 rings (SSSR count). The van der Waals surface area contributed by atoms with Gasteiger partial charge in [-0.15, -0.1) is 0 Å². The van der Waals surface area contributed by atoms with E-state index >= 15 is 0 Å². The number of hydrogen-bond donors (Lipinski definition) is 0. The molecule has 0 radical (unpaired) electrons. The van der Waals surface area contributed by atoms with Gasteiger partial charge in [-0.25, -0.2) is 13.4 Å². The Morgan fingerprint density at radius 1 is 0.919 bits per heavy atom. The minimum atomic E-state index is -3.59. The van der Waals surface area contributed by atoms with Crippen LogP contribution < -0.4 is 4.90 Å². The van der Waals surface area contributed by atoms with Crippen molar-refractivity contribution >= 4 is 21.7 Å². The molecule has 3 aliphatic rings. The van der Waals surface area contributed by atoms with Gasteiger partial charge in [0.1, 0.15) is 5.82 Å². The zero-order chi connectivity index (χ0) is 25.4. The highest BCUT2D eigenvalue weighted by Crippen LogP contribution is 2.39. The molecule has 1 aromatic carbocycles. The number of nitrogens with zero attached hydrogens (tertiary/aromatic N) is 6. The van der Waals surface area contributed by atoms with E-state index in [9.17, 15) is 13.2 Å². The molecule has 0 bridgehead atoms. The van der Waals surface area contributed by atoms with Crippen LogP contribution in [0.3, 0.4) is 0 Å². The van der Waals surface area contributed by atoms with Crippen molar-refractivity contribution in [3.05, 3.63) is 54.0 Å². The molecule has 2 saturated heterocycles. The Kier molecular flexibility index (Phi) is 6.39. The molecule has 0 unspecified atom stereocenters. The molecule has 0 N–H and O–H groups in total. The lowest BCUT2D eigenvalue weighted by Crippen LogP contribution is -2.49. The quantitative estimate of drug-likeness (QED) is 0.476. The van der Waals surface area contributed by atoms with Crippen LogP contribution in [0.25, 0.3) is 11.4 Å². The summed E-state index contributed by atoms with van der Waals surface area (Å²) in [5.74, 6) is 2.39. The Morgan fingerprint density at radius 2 is 1.65 bits per heavy atom. The Hall–Kier alpha value is -3.35. The topological polar surface area (TPSA) is 122 Å². The SMILES string of the molecule is O=C(c1ccc(S(=O)(=O)N2CCOCC2)cc1)N1CCN(c2ccc(-c3noc(C4CC4)n3)cn2)CC1. The molecule has 11 nitrogen and oxygen atoms in total. The lowest BCUT2D eigenvalue weighted by Gasteiger charge is -2.35. The number of aromatic nitrogens is 3. The van der Waals surface area contributed by atoms with Crippen LogP contribution in [0.2, 0.25) is 0 Å². The van der Waals surface area contributed by atoms with Gasteiger partial charge in [0.15, 0.2) is 0 Å². The van der Waals surface area contributed by atoms with Gasteiger partial charge in [-0.05, 0) is 49.2 Å². The molecular formula is C25H28N6O5S. The molecular weight excluding hydrogens is 496 g/mol. The summed E-state index contributed by atoms with van der Waals surface area (Å²) in [6.45, 7) is 3.85. The van der Waals surface area contributed by atoms with E-state index in [1.165, 1.54) is 16.4 Å². The first kappa shape index (κ1) is 24.0. The molecule has 3 aromatic rings. The van der Waals surface area contributed by atoms with Gasteiger partial charge in [0, 0.05) is 62.5 Å². The van der Waals surface area contributed by atoms with Crippen molar-refractivity contribution in [3.63, 3.8) is 0 Å². The Balaban J connectivity index is 1.05. The monoisotopic (exact) mass is 524 g/mol. The van der Waals surface area contributed by atoms with Crippen molar-refractivity contribution in [3.8, 4) is 11.4 Å². The number of benzene rings is 1. The number of carbonyl (C=O) groups is 1. The van der Waals surface area contributed by atoms with E-state index in [4.69, 9.17) is 9.26 Å². The van der Waals surface area contributed by atoms with Crippen molar-refractivity contribution in [1.82, 2.24) is 24.3 Å². The summed E-state index contributed by atoms with van der Waals surface area (Å²) in [6.07, 6.45) is 3.96. The van der Waals surface area contributed by atoms with Crippen LogP contribution in [0, 0.1) is 0 Å². The number of amides is 1. The molecule has 1 saturated carbocycles. The predicted octanol–water partition coefficient (Wildman–Crippen LogP) is 1.99. The smallest absolute Gasteiger partial charge is 0.253 e. The first-order valence-corrected chi connectivity index (χ1v) is 14.0. The fourth-order valence-electron chi connectivity index (χ4n) is 4.58. The van der Waals surface area contributed by atoms with Gasteiger partial charge in [0.05, 0.1) is 18.1 Å². The maximum Gasteiger partial charge on any atom is 0.253 e. The van der Waals surface area contributed by atoms with E-state index in [1.54, 1.807) is 23.2 Å². The average Bonchev–Trinajstić information content (AvgIpc) is 3.69. The van der Waals surface area contributed by atoms with E-state index in [2.05, 4.69) is 20.0 Å². The van der Waals surface area contributed by atoms with Gasteiger partial charge < -0.3 is 19.1 Å². The standard InChI is InChI=1S/C25H28N6O5S/c32-25(19-3-6-21(7-4-19)37(33,34)31-13-15-35-16-14-31)30-11-9-29(10-12-30)22-8-5-20(17-26-22)23-27-24(36-28-23)18-1-2-18/h3-8,17-18H,1-2,9-16H2. The maximum atomic E-state index is 13.1.